The second-order valence-electron chi connectivity index (χ2n) is 10.7. The Morgan fingerprint density at radius 3 is 2.61 bits per heavy atom. The van der Waals surface area contributed by atoms with Crippen LogP contribution in [0.15, 0.2) is 53.1 Å². The van der Waals surface area contributed by atoms with Gasteiger partial charge < -0.3 is 24.1 Å². The largest absolute Gasteiger partial charge is 0.464 e. The van der Waals surface area contributed by atoms with Gasteiger partial charge in [0, 0.05) is 17.0 Å². The summed E-state index contributed by atoms with van der Waals surface area (Å²) in [7, 11) is 0. The Balaban J connectivity index is 0.898. The van der Waals surface area contributed by atoms with Crippen LogP contribution in [0.25, 0.3) is 11.0 Å². The molecule has 3 aromatic rings. The van der Waals surface area contributed by atoms with Crippen molar-refractivity contribution in [2.75, 3.05) is 26.4 Å². The van der Waals surface area contributed by atoms with E-state index in [4.69, 9.17) is 13.9 Å². The van der Waals surface area contributed by atoms with Crippen LogP contribution in [0.4, 0.5) is 0 Å². The molecule has 1 amide bonds. The molecule has 1 aromatic heterocycles. The number of rotatable bonds is 7. The number of nitrogens with one attached hydrogen (secondary N) is 1. The van der Waals surface area contributed by atoms with Crippen LogP contribution in [0.2, 0.25) is 0 Å². The number of fused-ring (bicyclic) bond motifs is 2. The molecule has 6 heteroatoms. The summed E-state index contributed by atoms with van der Waals surface area (Å²) in [6.45, 7) is 3.81. The smallest absolute Gasteiger partial charge is 0.231 e. The van der Waals surface area contributed by atoms with Crippen molar-refractivity contribution < 1.29 is 18.7 Å². The van der Waals surface area contributed by atoms with Gasteiger partial charge in [-0.25, -0.2) is 0 Å². The molecule has 36 heavy (non-hydrogen) atoms. The summed E-state index contributed by atoms with van der Waals surface area (Å²) in [4.78, 5) is 15.2. The Morgan fingerprint density at radius 2 is 1.75 bits per heavy atom. The summed E-state index contributed by atoms with van der Waals surface area (Å²) >= 11 is 0. The maximum atomic E-state index is 12.6. The molecule has 0 radical (unpaired) electrons. The van der Waals surface area contributed by atoms with Gasteiger partial charge in [-0.05, 0) is 100 Å². The summed E-state index contributed by atoms with van der Waals surface area (Å²) in [6.07, 6.45) is 10.7. The molecule has 2 aromatic carbocycles. The lowest BCUT2D eigenvalue weighted by molar-refractivity contribution is -0.121. The van der Waals surface area contributed by atoms with Crippen molar-refractivity contribution in [3.8, 4) is 11.5 Å². The number of ether oxygens (including phenoxy) is 2. The average molecular weight is 489 g/mol. The maximum Gasteiger partial charge on any atom is 0.231 e. The predicted octanol–water partition coefficient (Wildman–Crippen LogP) is 5.65. The van der Waals surface area contributed by atoms with Gasteiger partial charge in [0.15, 0.2) is 11.5 Å². The average Bonchev–Trinajstić information content (AvgIpc) is 3.55. The fourth-order valence-electron chi connectivity index (χ4n) is 6.26. The zero-order chi connectivity index (χ0) is 24.3. The summed E-state index contributed by atoms with van der Waals surface area (Å²) < 4.78 is 16.6. The van der Waals surface area contributed by atoms with Crippen molar-refractivity contribution >= 4 is 16.9 Å². The molecule has 3 aliphatic rings. The molecule has 190 valence electrons. The number of amides is 1. The fraction of sp³-hybridized carbons (Fsp3) is 0.500. The van der Waals surface area contributed by atoms with E-state index >= 15 is 0 Å². The van der Waals surface area contributed by atoms with E-state index in [1.54, 1.807) is 0 Å². The topological polar surface area (TPSA) is 63.9 Å². The zero-order valence-corrected chi connectivity index (χ0v) is 20.9. The van der Waals surface area contributed by atoms with Crippen LogP contribution >= 0.6 is 0 Å². The zero-order valence-electron chi connectivity index (χ0n) is 20.9. The van der Waals surface area contributed by atoms with E-state index in [0.29, 0.717) is 18.4 Å². The number of hydrogen-bond acceptors (Lipinski definition) is 5. The normalized spacial score (nSPS) is 22.7. The molecule has 1 N–H and O–H groups in total. The van der Waals surface area contributed by atoms with Crippen molar-refractivity contribution in [3.63, 3.8) is 0 Å². The molecular weight excluding hydrogens is 452 g/mol. The first-order valence-electron chi connectivity index (χ1n) is 13.6. The van der Waals surface area contributed by atoms with E-state index in [1.165, 1.54) is 62.7 Å². The first-order chi connectivity index (χ1) is 17.7. The predicted molar refractivity (Wildman–Crippen MR) is 139 cm³/mol. The lowest BCUT2D eigenvalue weighted by Crippen LogP contribution is -2.39. The highest BCUT2D eigenvalue weighted by molar-refractivity contribution is 5.81. The minimum atomic E-state index is 0.102. The van der Waals surface area contributed by atoms with Crippen molar-refractivity contribution in [2.24, 2.45) is 5.92 Å². The molecule has 1 saturated heterocycles. The minimum absolute atomic E-state index is 0.102. The van der Waals surface area contributed by atoms with Crippen LogP contribution in [-0.4, -0.2) is 43.3 Å². The highest BCUT2D eigenvalue weighted by Crippen LogP contribution is 2.35. The van der Waals surface area contributed by atoms with Crippen molar-refractivity contribution in [1.82, 2.24) is 10.2 Å². The Hall–Kier alpha value is -2.99. The molecule has 3 heterocycles. The van der Waals surface area contributed by atoms with Crippen LogP contribution < -0.4 is 14.8 Å². The molecule has 1 saturated carbocycles. The van der Waals surface area contributed by atoms with Crippen LogP contribution in [0.3, 0.4) is 0 Å². The number of hydrogen-bond donors (Lipinski definition) is 1. The number of para-hydroxylation sites is 1. The van der Waals surface area contributed by atoms with Gasteiger partial charge in [0.05, 0.1) is 12.7 Å². The van der Waals surface area contributed by atoms with E-state index in [0.717, 1.165) is 41.4 Å². The Labute approximate surface area is 212 Å². The van der Waals surface area contributed by atoms with Gasteiger partial charge in [0.2, 0.25) is 12.7 Å². The monoisotopic (exact) mass is 488 g/mol. The third-order valence-corrected chi connectivity index (χ3v) is 8.41. The minimum Gasteiger partial charge on any atom is -0.464 e. The first kappa shape index (κ1) is 23.4. The molecule has 1 aliphatic carbocycles. The Bertz CT molecular complexity index is 1190. The lowest BCUT2D eigenvalue weighted by atomic mass is 9.83. The van der Waals surface area contributed by atoms with Crippen molar-refractivity contribution in [3.05, 3.63) is 59.9 Å². The van der Waals surface area contributed by atoms with E-state index in [1.807, 2.05) is 30.5 Å². The quantitative estimate of drug-likeness (QED) is 0.466. The van der Waals surface area contributed by atoms with Crippen molar-refractivity contribution in [2.45, 2.75) is 63.3 Å². The number of benzene rings is 2. The second kappa shape index (κ2) is 10.6. The summed E-state index contributed by atoms with van der Waals surface area (Å²) in [6, 6.07) is 14.5. The highest BCUT2D eigenvalue weighted by Gasteiger charge is 2.26. The van der Waals surface area contributed by atoms with E-state index in [9.17, 15) is 4.79 Å². The third-order valence-electron chi connectivity index (χ3n) is 8.41. The van der Waals surface area contributed by atoms with Crippen LogP contribution in [0.1, 0.15) is 62.0 Å². The number of nitrogens with zero attached hydrogens (tertiary/aromatic N) is 1. The van der Waals surface area contributed by atoms with Gasteiger partial charge >= 0.3 is 0 Å². The van der Waals surface area contributed by atoms with Gasteiger partial charge in [0.1, 0.15) is 5.58 Å². The van der Waals surface area contributed by atoms with Crippen LogP contribution in [-0.2, 0) is 11.2 Å². The molecular formula is C30H36N2O4. The summed E-state index contributed by atoms with van der Waals surface area (Å²) in [5.41, 5.74) is 3.37. The number of carbonyl (C=O) groups is 1. The van der Waals surface area contributed by atoms with Crippen LogP contribution in [0.5, 0.6) is 11.5 Å². The number of carbonyl (C=O) groups excluding carboxylic acids is 1. The van der Waals surface area contributed by atoms with Gasteiger partial charge in [-0.3, -0.25) is 4.79 Å². The number of likely N-dealkylation sites (tertiary alicyclic amines) is 1. The van der Waals surface area contributed by atoms with E-state index in [2.05, 4.69) is 28.4 Å². The molecule has 0 atom stereocenters. The molecule has 6 nitrogen and oxygen atoms in total. The molecule has 0 bridgehead atoms. The Kier molecular flexibility index (Phi) is 6.86. The molecule has 2 fully saturated rings. The van der Waals surface area contributed by atoms with Gasteiger partial charge in [0.25, 0.3) is 0 Å². The summed E-state index contributed by atoms with van der Waals surface area (Å²) in [5, 5.41) is 4.55. The van der Waals surface area contributed by atoms with Gasteiger partial charge in [-0.15, -0.1) is 0 Å². The lowest BCUT2D eigenvalue weighted by Gasteiger charge is -2.34. The van der Waals surface area contributed by atoms with Crippen LogP contribution in [0, 0.1) is 5.92 Å². The SMILES string of the molecule is O=C(Cc1ccc2c(c1)OCO2)NC1CCC(CCN2CCC(c3coc4ccccc34)CC2)CC1. The fourth-order valence-corrected chi connectivity index (χ4v) is 6.26. The third kappa shape index (κ3) is 5.24. The summed E-state index contributed by atoms with van der Waals surface area (Å²) in [5.74, 6) is 2.99. The van der Waals surface area contributed by atoms with E-state index < -0.39 is 0 Å². The standard InChI is InChI=1S/C30H36N2O4/c33-30(18-22-7-10-28-29(17-22)36-20-35-28)31-24-8-5-21(6-9-24)11-14-32-15-12-23(13-16-32)26-19-34-27-4-2-1-3-25(26)27/h1-4,7,10,17,19,21,23-24H,5-6,8-9,11-16,18,20H2,(H,31,33). The molecule has 0 unspecified atom stereocenters. The molecule has 6 rings (SSSR count). The maximum absolute atomic E-state index is 12.6. The molecule has 2 aliphatic heterocycles. The van der Waals surface area contributed by atoms with Gasteiger partial charge in [-0.2, -0.15) is 0 Å². The Morgan fingerprint density at radius 1 is 0.944 bits per heavy atom. The van der Waals surface area contributed by atoms with Crippen molar-refractivity contribution in [1.29, 1.82) is 0 Å². The van der Waals surface area contributed by atoms with Gasteiger partial charge in [-0.1, -0.05) is 24.3 Å². The molecule has 0 spiro atoms. The van der Waals surface area contributed by atoms with E-state index in [-0.39, 0.29) is 12.7 Å². The first-order valence-corrected chi connectivity index (χ1v) is 13.6. The number of furan rings is 1. The second-order valence-corrected chi connectivity index (χ2v) is 10.7. The number of piperidine rings is 1. The highest BCUT2D eigenvalue weighted by atomic mass is 16.7.